The van der Waals surface area contributed by atoms with E-state index in [9.17, 15) is 9.59 Å². The van der Waals surface area contributed by atoms with E-state index in [-0.39, 0.29) is 11.2 Å². The summed E-state index contributed by atoms with van der Waals surface area (Å²) < 4.78 is 5.11. The molecule has 3 rings (SSSR count). The van der Waals surface area contributed by atoms with Gasteiger partial charge in [-0.3, -0.25) is 13.9 Å². The van der Waals surface area contributed by atoms with Crippen LogP contribution in [0.1, 0.15) is 25.8 Å². The van der Waals surface area contributed by atoms with Crippen molar-refractivity contribution < 1.29 is 0 Å². The standard InChI is InChI=1S/C20H23BrN4O2/c1-14(2)11-13-24-16-17(22-19(24)21)23(3)20(27)25(18(16)26)12-7-10-15-8-5-4-6-9-15/h4-6,8-9,11H,7,10,12-13H2,1-3H3. The molecule has 0 N–H and O–H groups in total. The van der Waals surface area contributed by atoms with Crippen molar-refractivity contribution in [2.75, 3.05) is 0 Å². The van der Waals surface area contributed by atoms with Crippen LogP contribution in [0.15, 0.2) is 56.3 Å². The molecule has 2 aromatic heterocycles. The minimum Gasteiger partial charge on any atom is -0.309 e. The average Bonchev–Trinajstić information content (AvgIpc) is 2.98. The van der Waals surface area contributed by atoms with Gasteiger partial charge in [0.2, 0.25) is 0 Å². The number of imidazole rings is 1. The quantitative estimate of drug-likeness (QED) is 0.445. The van der Waals surface area contributed by atoms with Gasteiger partial charge in [0.05, 0.1) is 0 Å². The highest BCUT2D eigenvalue weighted by Crippen LogP contribution is 2.16. The van der Waals surface area contributed by atoms with Crippen molar-refractivity contribution in [1.82, 2.24) is 18.7 Å². The first-order chi connectivity index (χ1) is 12.9. The number of aromatic nitrogens is 4. The zero-order chi connectivity index (χ0) is 19.6. The van der Waals surface area contributed by atoms with E-state index in [0.29, 0.717) is 35.4 Å². The summed E-state index contributed by atoms with van der Waals surface area (Å²) in [5.41, 5.74) is 2.57. The van der Waals surface area contributed by atoms with E-state index in [1.54, 1.807) is 11.6 Å². The lowest BCUT2D eigenvalue weighted by Gasteiger charge is -2.09. The number of hydrogen-bond donors (Lipinski definition) is 0. The van der Waals surface area contributed by atoms with E-state index >= 15 is 0 Å². The lowest BCUT2D eigenvalue weighted by Crippen LogP contribution is -2.39. The van der Waals surface area contributed by atoms with Crippen LogP contribution in [0.3, 0.4) is 0 Å². The Morgan fingerprint density at radius 3 is 2.52 bits per heavy atom. The van der Waals surface area contributed by atoms with Crippen LogP contribution in [0, 0.1) is 0 Å². The van der Waals surface area contributed by atoms with E-state index < -0.39 is 0 Å². The first-order valence-corrected chi connectivity index (χ1v) is 9.72. The number of nitrogens with zero attached hydrogens (tertiary/aromatic N) is 4. The number of hydrogen-bond acceptors (Lipinski definition) is 3. The smallest absolute Gasteiger partial charge is 0.309 e. The van der Waals surface area contributed by atoms with E-state index in [2.05, 4.69) is 33.0 Å². The third-order valence-electron chi connectivity index (χ3n) is 4.56. The Hall–Kier alpha value is -2.41. The molecule has 0 bridgehead atoms. The summed E-state index contributed by atoms with van der Waals surface area (Å²) in [4.78, 5) is 30.1. The topological polar surface area (TPSA) is 61.8 Å². The Morgan fingerprint density at radius 1 is 1.15 bits per heavy atom. The fourth-order valence-electron chi connectivity index (χ4n) is 3.07. The van der Waals surface area contributed by atoms with Crippen molar-refractivity contribution >= 4 is 27.1 Å². The molecule has 0 spiro atoms. The van der Waals surface area contributed by atoms with Crippen molar-refractivity contribution in [3.05, 3.63) is 73.1 Å². The molecule has 6 nitrogen and oxygen atoms in total. The number of halogens is 1. The van der Waals surface area contributed by atoms with Crippen LogP contribution in [0.5, 0.6) is 0 Å². The normalized spacial score (nSPS) is 11.1. The Kier molecular flexibility index (Phi) is 5.79. The second-order valence-electron chi connectivity index (χ2n) is 6.83. The van der Waals surface area contributed by atoms with E-state index in [4.69, 9.17) is 0 Å². The summed E-state index contributed by atoms with van der Waals surface area (Å²) in [6.07, 6.45) is 3.55. The predicted octanol–water partition coefficient (Wildman–Crippen LogP) is 3.26. The summed E-state index contributed by atoms with van der Waals surface area (Å²) in [7, 11) is 1.66. The lowest BCUT2D eigenvalue weighted by atomic mass is 10.1. The molecule has 0 unspecified atom stereocenters. The molecule has 0 saturated carbocycles. The fraction of sp³-hybridized carbons (Fsp3) is 0.350. The van der Waals surface area contributed by atoms with Crippen LogP contribution in [0.25, 0.3) is 11.2 Å². The summed E-state index contributed by atoms with van der Waals surface area (Å²) in [5.74, 6) is 0. The Labute approximate surface area is 165 Å². The van der Waals surface area contributed by atoms with Crippen molar-refractivity contribution in [2.24, 2.45) is 7.05 Å². The summed E-state index contributed by atoms with van der Waals surface area (Å²) in [6, 6.07) is 10.1. The minimum atomic E-state index is -0.333. The molecule has 142 valence electrons. The maximum absolute atomic E-state index is 13.1. The third kappa shape index (κ3) is 3.98. The number of rotatable bonds is 6. The van der Waals surface area contributed by atoms with Gasteiger partial charge >= 0.3 is 5.69 Å². The molecule has 0 saturated heterocycles. The lowest BCUT2D eigenvalue weighted by molar-refractivity contribution is 0.571. The van der Waals surface area contributed by atoms with Gasteiger partial charge in [-0.1, -0.05) is 42.0 Å². The minimum absolute atomic E-state index is 0.290. The molecular weight excluding hydrogens is 408 g/mol. The summed E-state index contributed by atoms with van der Waals surface area (Å²) in [5, 5.41) is 0. The molecule has 0 radical (unpaired) electrons. The fourth-order valence-corrected chi connectivity index (χ4v) is 3.56. The van der Waals surface area contributed by atoms with Gasteiger partial charge < -0.3 is 4.57 Å². The molecule has 0 amide bonds. The van der Waals surface area contributed by atoms with Gasteiger partial charge in [-0.25, -0.2) is 9.78 Å². The van der Waals surface area contributed by atoms with Gasteiger partial charge in [-0.15, -0.1) is 0 Å². The third-order valence-corrected chi connectivity index (χ3v) is 5.16. The van der Waals surface area contributed by atoms with Crippen LogP contribution in [0.4, 0.5) is 0 Å². The van der Waals surface area contributed by atoms with Gasteiger partial charge in [0, 0.05) is 20.1 Å². The first kappa shape index (κ1) is 19.4. The van der Waals surface area contributed by atoms with Gasteiger partial charge in [-0.2, -0.15) is 0 Å². The van der Waals surface area contributed by atoms with Crippen LogP contribution >= 0.6 is 15.9 Å². The largest absolute Gasteiger partial charge is 0.332 e. The number of fused-ring (bicyclic) bond motifs is 1. The molecule has 2 heterocycles. The number of allylic oxidation sites excluding steroid dienone is 2. The van der Waals surface area contributed by atoms with Crippen molar-refractivity contribution in [2.45, 2.75) is 39.8 Å². The van der Waals surface area contributed by atoms with Gasteiger partial charge in [-0.05, 0) is 48.2 Å². The highest BCUT2D eigenvalue weighted by molar-refractivity contribution is 9.10. The van der Waals surface area contributed by atoms with Gasteiger partial charge in [0.1, 0.15) is 0 Å². The SMILES string of the molecule is CC(C)=CCn1c(Br)nc2c1c(=O)n(CCCc1ccccc1)c(=O)n2C. The van der Waals surface area contributed by atoms with E-state index in [0.717, 1.165) is 12.0 Å². The van der Waals surface area contributed by atoms with Crippen LogP contribution < -0.4 is 11.2 Å². The Bertz CT molecular complexity index is 1100. The maximum Gasteiger partial charge on any atom is 0.332 e. The Morgan fingerprint density at radius 2 is 1.85 bits per heavy atom. The zero-order valence-corrected chi connectivity index (χ0v) is 17.4. The van der Waals surface area contributed by atoms with E-state index in [1.165, 1.54) is 14.7 Å². The summed E-state index contributed by atoms with van der Waals surface area (Å²) >= 11 is 3.42. The van der Waals surface area contributed by atoms with Crippen LogP contribution in [0.2, 0.25) is 0 Å². The molecule has 1 aromatic carbocycles. The van der Waals surface area contributed by atoms with Crippen molar-refractivity contribution in [3.8, 4) is 0 Å². The molecule has 0 aliphatic heterocycles. The molecule has 7 heteroatoms. The molecular formula is C20H23BrN4O2. The van der Waals surface area contributed by atoms with Gasteiger partial charge in [0.15, 0.2) is 15.9 Å². The van der Waals surface area contributed by atoms with Gasteiger partial charge in [0.25, 0.3) is 5.56 Å². The number of benzene rings is 1. The monoisotopic (exact) mass is 430 g/mol. The highest BCUT2D eigenvalue weighted by atomic mass is 79.9. The molecule has 27 heavy (non-hydrogen) atoms. The Balaban J connectivity index is 2.00. The van der Waals surface area contributed by atoms with E-state index in [1.807, 2.05) is 38.1 Å². The summed E-state index contributed by atoms with van der Waals surface area (Å²) in [6.45, 7) is 4.91. The van der Waals surface area contributed by atoms with Crippen molar-refractivity contribution in [1.29, 1.82) is 0 Å². The second-order valence-corrected chi connectivity index (χ2v) is 7.54. The highest BCUT2D eigenvalue weighted by Gasteiger charge is 2.18. The molecule has 0 aliphatic rings. The van der Waals surface area contributed by atoms with Crippen molar-refractivity contribution in [3.63, 3.8) is 0 Å². The second kappa shape index (κ2) is 8.08. The molecule has 0 aliphatic carbocycles. The predicted molar refractivity (Wildman–Crippen MR) is 111 cm³/mol. The van der Waals surface area contributed by atoms with Crippen LogP contribution in [-0.2, 0) is 26.6 Å². The van der Waals surface area contributed by atoms with Crippen LogP contribution in [-0.4, -0.2) is 18.7 Å². The zero-order valence-electron chi connectivity index (χ0n) is 15.8. The number of aryl methyl sites for hydroxylation is 2. The first-order valence-electron chi connectivity index (χ1n) is 8.93. The average molecular weight is 431 g/mol. The molecule has 0 fully saturated rings. The maximum atomic E-state index is 13.1. The molecule has 0 atom stereocenters. The molecule has 3 aromatic rings.